The summed E-state index contributed by atoms with van der Waals surface area (Å²) in [6.07, 6.45) is 3.56. The molecule has 1 aromatic carbocycles. The first-order valence-electron chi connectivity index (χ1n) is 8.08. The van der Waals surface area contributed by atoms with Crippen LogP contribution in [0.25, 0.3) is 0 Å². The number of rotatable bonds is 5. The van der Waals surface area contributed by atoms with Gasteiger partial charge in [0, 0.05) is 6.54 Å². The van der Waals surface area contributed by atoms with E-state index in [9.17, 15) is 4.79 Å². The Kier molecular flexibility index (Phi) is 6.52. The van der Waals surface area contributed by atoms with Gasteiger partial charge in [-0.25, -0.2) is 4.79 Å². The molecular formula is C17H26ClN3O. The second-order valence-electron chi connectivity index (χ2n) is 6.24. The molecule has 2 rings (SSSR count). The van der Waals surface area contributed by atoms with Gasteiger partial charge in [0.25, 0.3) is 0 Å². The van der Waals surface area contributed by atoms with Crippen molar-refractivity contribution in [3.05, 3.63) is 28.8 Å². The summed E-state index contributed by atoms with van der Waals surface area (Å²) in [4.78, 5) is 14.3. The topological polar surface area (TPSA) is 44.4 Å². The van der Waals surface area contributed by atoms with Crippen LogP contribution < -0.4 is 10.6 Å². The van der Waals surface area contributed by atoms with Crippen molar-refractivity contribution < 1.29 is 4.79 Å². The number of nitrogens with zero attached hydrogens (tertiary/aromatic N) is 1. The van der Waals surface area contributed by atoms with Crippen molar-refractivity contribution in [2.75, 3.05) is 31.5 Å². The zero-order valence-corrected chi connectivity index (χ0v) is 14.2. The lowest BCUT2D eigenvalue weighted by Crippen LogP contribution is -2.36. The number of anilines is 1. The molecule has 1 fully saturated rings. The first-order chi connectivity index (χ1) is 10.5. The quantitative estimate of drug-likeness (QED) is 0.807. The van der Waals surface area contributed by atoms with Crippen LogP contribution >= 0.6 is 11.6 Å². The highest BCUT2D eigenvalue weighted by Crippen LogP contribution is 2.22. The summed E-state index contributed by atoms with van der Waals surface area (Å²) in [6, 6.07) is 5.40. The lowest BCUT2D eigenvalue weighted by atomic mass is 9.99. The van der Waals surface area contributed by atoms with Gasteiger partial charge in [-0.1, -0.05) is 24.6 Å². The van der Waals surface area contributed by atoms with E-state index in [1.807, 2.05) is 25.1 Å². The molecule has 4 nitrogen and oxygen atoms in total. The SMILES string of the molecule is Cc1ccc(NC(=O)NCCCN2CCC(C)CC2)c(Cl)c1. The van der Waals surface area contributed by atoms with E-state index in [4.69, 9.17) is 11.6 Å². The van der Waals surface area contributed by atoms with E-state index in [0.29, 0.717) is 17.3 Å². The fourth-order valence-corrected chi connectivity index (χ4v) is 2.96. The van der Waals surface area contributed by atoms with Gasteiger partial charge >= 0.3 is 6.03 Å². The summed E-state index contributed by atoms with van der Waals surface area (Å²) in [5.74, 6) is 0.861. The lowest BCUT2D eigenvalue weighted by molar-refractivity contribution is 0.190. The minimum absolute atomic E-state index is 0.196. The lowest BCUT2D eigenvalue weighted by Gasteiger charge is -2.30. The van der Waals surface area contributed by atoms with Crippen LogP contribution in [0.15, 0.2) is 18.2 Å². The van der Waals surface area contributed by atoms with Crippen LogP contribution in [0.5, 0.6) is 0 Å². The maximum Gasteiger partial charge on any atom is 0.319 e. The predicted molar refractivity (Wildman–Crippen MR) is 92.7 cm³/mol. The standard InChI is InChI=1S/C17H26ClN3O/c1-13-6-10-21(11-7-13)9-3-8-19-17(22)20-16-5-4-14(2)12-15(16)18/h4-5,12-13H,3,6-11H2,1-2H3,(H2,19,20,22). The summed E-state index contributed by atoms with van der Waals surface area (Å²) in [7, 11) is 0. The number of halogens is 1. The summed E-state index contributed by atoms with van der Waals surface area (Å²) in [5, 5.41) is 6.24. The normalized spacial score (nSPS) is 16.5. The number of carbonyl (C=O) groups excluding carboxylic acids is 1. The Morgan fingerprint density at radius 1 is 1.36 bits per heavy atom. The second-order valence-corrected chi connectivity index (χ2v) is 6.65. The van der Waals surface area contributed by atoms with E-state index in [1.165, 1.54) is 25.9 Å². The molecule has 1 aliphatic rings. The van der Waals surface area contributed by atoms with Crippen molar-refractivity contribution >= 4 is 23.3 Å². The fourth-order valence-electron chi connectivity index (χ4n) is 2.68. The van der Waals surface area contributed by atoms with Crippen molar-refractivity contribution in [2.45, 2.75) is 33.1 Å². The third kappa shape index (κ3) is 5.50. The van der Waals surface area contributed by atoms with Crippen LogP contribution in [-0.2, 0) is 0 Å². The summed E-state index contributed by atoms with van der Waals surface area (Å²) in [5.41, 5.74) is 1.72. The van der Waals surface area contributed by atoms with Gasteiger partial charge in [0.1, 0.15) is 0 Å². The maximum atomic E-state index is 11.8. The first-order valence-corrected chi connectivity index (χ1v) is 8.46. The molecule has 1 saturated heterocycles. The van der Waals surface area contributed by atoms with E-state index >= 15 is 0 Å². The fraction of sp³-hybridized carbons (Fsp3) is 0.588. The predicted octanol–water partition coefficient (Wildman–Crippen LogP) is 3.89. The number of amides is 2. The van der Waals surface area contributed by atoms with Crippen LogP contribution in [0.4, 0.5) is 10.5 Å². The highest BCUT2D eigenvalue weighted by atomic mass is 35.5. The van der Waals surface area contributed by atoms with Crippen LogP contribution in [0.1, 0.15) is 31.7 Å². The molecule has 0 saturated carbocycles. The molecule has 0 radical (unpaired) electrons. The van der Waals surface area contributed by atoms with Gasteiger partial charge in [-0.05, 0) is 69.4 Å². The van der Waals surface area contributed by atoms with E-state index < -0.39 is 0 Å². The zero-order chi connectivity index (χ0) is 15.9. The van der Waals surface area contributed by atoms with Crippen LogP contribution in [0.2, 0.25) is 5.02 Å². The molecule has 1 aromatic rings. The van der Waals surface area contributed by atoms with Gasteiger partial charge in [0.2, 0.25) is 0 Å². The average molecular weight is 324 g/mol. The summed E-state index contributed by atoms with van der Waals surface area (Å²) < 4.78 is 0. The zero-order valence-electron chi connectivity index (χ0n) is 13.5. The average Bonchev–Trinajstić information content (AvgIpc) is 2.48. The molecule has 0 aromatic heterocycles. The highest BCUT2D eigenvalue weighted by molar-refractivity contribution is 6.33. The van der Waals surface area contributed by atoms with Gasteiger partial charge in [0.15, 0.2) is 0 Å². The van der Waals surface area contributed by atoms with Crippen molar-refractivity contribution in [3.63, 3.8) is 0 Å². The van der Waals surface area contributed by atoms with Crippen LogP contribution in [0.3, 0.4) is 0 Å². The summed E-state index contributed by atoms with van der Waals surface area (Å²) in [6.45, 7) is 8.40. The Balaban J connectivity index is 1.63. The molecule has 2 amide bonds. The third-order valence-electron chi connectivity index (χ3n) is 4.19. The molecule has 5 heteroatoms. The van der Waals surface area contributed by atoms with E-state index in [0.717, 1.165) is 24.4 Å². The highest BCUT2D eigenvalue weighted by Gasteiger charge is 2.14. The Morgan fingerprint density at radius 2 is 2.09 bits per heavy atom. The van der Waals surface area contributed by atoms with Gasteiger partial charge < -0.3 is 15.5 Å². The van der Waals surface area contributed by atoms with Gasteiger partial charge in [-0.2, -0.15) is 0 Å². The second kappa shape index (κ2) is 8.39. The number of likely N-dealkylation sites (tertiary alicyclic amines) is 1. The molecule has 0 spiro atoms. The maximum absolute atomic E-state index is 11.8. The number of benzene rings is 1. The monoisotopic (exact) mass is 323 g/mol. The number of hydrogen-bond acceptors (Lipinski definition) is 2. The number of aryl methyl sites for hydroxylation is 1. The van der Waals surface area contributed by atoms with Crippen molar-refractivity contribution in [3.8, 4) is 0 Å². The van der Waals surface area contributed by atoms with Crippen molar-refractivity contribution in [1.82, 2.24) is 10.2 Å². The number of urea groups is 1. The molecule has 1 aliphatic heterocycles. The smallest absolute Gasteiger partial charge is 0.319 e. The molecule has 22 heavy (non-hydrogen) atoms. The Hall–Kier alpha value is -1.26. The summed E-state index contributed by atoms with van der Waals surface area (Å²) >= 11 is 6.10. The molecule has 0 atom stereocenters. The minimum Gasteiger partial charge on any atom is -0.338 e. The van der Waals surface area contributed by atoms with E-state index in [1.54, 1.807) is 0 Å². The van der Waals surface area contributed by atoms with Gasteiger partial charge in [0.05, 0.1) is 10.7 Å². The molecule has 1 heterocycles. The van der Waals surface area contributed by atoms with Gasteiger partial charge in [-0.15, -0.1) is 0 Å². The van der Waals surface area contributed by atoms with Crippen molar-refractivity contribution in [2.24, 2.45) is 5.92 Å². The van der Waals surface area contributed by atoms with Crippen molar-refractivity contribution in [1.29, 1.82) is 0 Å². The molecule has 122 valence electrons. The number of nitrogens with one attached hydrogen (secondary N) is 2. The Labute approximate surface area is 138 Å². The van der Waals surface area contributed by atoms with Crippen LogP contribution in [0, 0.1) is 12.8 Å². The first kappa shape index (κ1) is 17.1. The van der Waals surface area contributed by atoms with E-state index in [2.05, 4.69) is 22.5 Å². The van der Waals surface area contributed by atoms with E-state index in [-0.39, 0.29) is 6.03 Å². The molecule has 0 unspecified atom stereocenters. The molecule has 0 bridgehead atoms. The van der Waals surface area contributed by atoms with Gasteiger partial charge in [-0.3, -0.25) is 0 Å². The largest absolute Gasteiger partial charge is 0.338 e. The Morgan fingerprint density at radius 3 is 2.77 bits per heavy atom. The molecule has 0 aliphatic carbocycles. The third-order valence-corrected chi connectivity index (χ3v) is 4.50. The Bertz CT molecular complexity index is 499. The molecular weight excluding hydrogens is 298 g/mol. The van der Waals surface area contributed by atoms with Crippen LogP contribution in [-0.4, -0.2) is 37.1 Å². The number of piperidine rings is 1. The minimum atomic E-state index is -0.196. The number of carbonyl (C=O) groups is 1. The molecule has 2 N–H and O–H groups in total. The number of hydrogen-bond donors (Lipinski definition) is 2.